The number of alkyl halides is 3. The molecule has 0 amide bonds. The van der Waals surface area contributed by atoms with Gasteiger partial charge in [0, 0.05) is 20.1 Å². The third-order valence-corrected chi connectivity index (χ3v) is 3.24. The van der Waals surface area contributed by atoms with E-state index in [1.165, 1.54) is 6.07 Å². The highest BCUT2D eigenvalue weighted by Crippen LogP contribution is 2.29. The first-order chi connectivity index (χ1) is 11.0. The second-order valence-electron chi connectivity index (χ2n) is 4.96. The summed E-state index contributed by atoms with van der Waals surface area (Å²) in [5.74, 6) is 0.534. The van der Waals surface area contributed by atoms with Crippen LogP contribution in [0.15, 0.2) is 59.6 Å². The van der Waals surface area contributed by atoms with Crippen LogP contribution >= 0.6 is 24.0 Å². The fourth-order valence-corrected chi connectivity index (χ4v) is 2.05. The molecule has 0 unspecified atom stereocenters. The quantitative estimate of drug-likeness (QED) is 0.418. The zero-order valence-electron chi connectivity index (χ0n) is 13.1. The first-order valence-electron chi connectivity index (χ1n) is 7.13. The highest BCUT2D eigenvalue weighted by atomic mass is 127. The van der Waals surface area contributed by atoms with Crippen LogP contribution in [0.1, 0.15) is 16.7 Å². The SMILES string of the molecule is CN=C(NCc1ccccc1)NCc1cccc(C(F)(F)F)c1.I. The van der Waals surface area contributed by atoms with Gasteiger partial charge in [-0.1, -0.05) is 42.5 Å². The molecule has 0 aliphatic rings. The van der Waals surface area contributed by atoms with Gasteiger partial charge in [0.05, 0.1) is 5.56 Å². The van der Waals surface area contributed by atoms with Gasteiger partial charge in [0.25, 0.3) is 0 Å². The number of aliphatic imine (C=N–C) groups is 1. The van der Waals surface area contributed by atoms with E-state index in [0.29, 0.717) is 18.1 Å². The Morgan fingerprint density at radius 1 is 0.917 bits per heavy atom. The predicted octanol–water partition coefficient (Wildman–Crippen LogP) is 4.19. The summed E-state index contributed by atoms with van der Waals surface area (Å²) in [7, 11) is 1.62. The summed E-state index contributed by atoms with van der Waals surface area (Å²) in [6.07, 6.45) is -4.33. The topological polar surface area (TPSA) is 36.4 Å². The summed E-state index contributed by atoms with van der Waals surface area (Å²) in [5.41, 5.74) is 0.987. The average molecular weight is 449 g/mol. The molecule has 0 aliphatic carbocycles. The number of guanidine groups is 1. The van der Waals surface area contributed by atoms with Gasteiger partial charge in [-0.2, -0.15) is 13.2 Å². The molecule has 0 aromatic heterocycles. The van der Waals surface area contributed by atoms with Gasteiger partial charge >= 0.3 is 6.18 Å². The van der Waals surface area contributed by atoms with Crippen LogP contribution in [0, 0.1) is 0 Å². The van der Waals surface area contributed by atoms with Crippen LogP contribution in [0.2, 0.25) is 0 Å². The fraction of sp³-hybridized carbons (Fsp3) is 0.235. The Labute approximate surface area is 156 Å². The van der Waals surface area contributed by atoms with Crippen LogP contribution in [0.5, 0.6) is 0 Å². The van der Waals surface area contributed by atoms with Crippen molar-refractivity contribution in [3.8, 4) is 0 Å². The minimum absolute atomic E-state index is 0. The Morgan fingerprint density at radius 3 is 2.08 bits per heavy atom. The number of rotatable bonds is 4. The van der Waals surface area contributed by atoms with Crippen LogP contribution in [0.4, 0.5) is 13.2 Å². The van der Waals surface area contributed by atoms with Crippen molar-refractivity contribution >= 4 is 29.9 Å². The Kier molecular flexibility index (Phi) is 8.03. The number of benzene rings is 2. The number of nitrogens with zero attached hydrogens (tertiary/aromatic N) is 1. The third-order valence-electron chi connectivity index (χ3n) is 3.24. The van der Waals surface area contributed by atoms with Crippen LogP contribution < -0.4 is 10.6 Å². The Morgan fingerprint density at radius 2 is 1.50 bits per heavy atom. The van der Waals surface area contributed by atoms with Crippen molar-refractivity contribution < 1.29 is 13.2 Å². The molecule has 0 radical (unpaired) electrons. The molecule has 0 aliphatic heterocycles. The molecule has 0 saturated heterocycles. The van der Waals surface area contributed by atoms with Gasteiger partial charge in [-0.25, -0.2) is 0 Å². The van der Waals surface area contributed by atoms with E-state index in [4.69, 9.17) is 0 Å². The molecule has 0 spiro atoms. The van der Waals surface area contributed by atoms with Gasteiger partial charge < -0.3 is 10.6 Å². The van der Waals surface area contributed by atoms with Crippen molar-refractivity contribution in [1.82, 2.24) is 10.6 Å². The van der Waals surface area contributed by atoms with Crippen molar-refractivity contribution in [2.75, 3.05) is 7.05 Å². The largest absolute Gasteiger partial charge is 0.416 e. The van der Waals surface area contributed by atoms with E-state index in [-0.39, 0.29) is 30.5 Å². The molecular formula is C17H19F3IN3. The first kappa shape index (κ1) is 20.3. The molecule has 0 heterocycles. The second-order valence-corrected chi connectivity index (χ2v) is 4.96. The van der Waals surface area contributed by atoms with E-state index in [9.17, 15) is 13.2 Å². The van der Waals surface area contributed by atoms with E-state index < -0.39 is 11.7 Å². The number of nitrogens with one attached hydrogen (secondary N) is 2. The molecule has 130 valence electrons. The average Bonchev–Trinajstić information content (AvgIpc) is 2.55. The molecule has 3 nitrogen and oxygen atoms in total. The first-order valence-corrected chi connectivity index (χ1v) is 7.13. The number of hydrogen-bond acceptors (Lipinski definition) is 1. The Balaban J connectivity index is 0.00000288. The molecule has 0 fully saturated rings. The van der Waals surface area contributed by atoms with E-state index >= 15 is 0 Å². The van der Waals surface area contributed by atoms with E-state index in [1.54, 1.807) is 13.1 Å². The fourth-order valence-electron chi connectivity index (χ4n) is 2.05. The highest BCUT2D eigenvalue weighted by molar-refractivity contribution is 14.0. The predicted molar refractivity (Wildman–Crippen MR) is 100 cm³/mol. The molecule has 24 heavy (non-hydrogen) atoms. The Bertz CT molecular complexity index is 658. The summed E-state index contributed by atoms with van der Waals surface area (Å²) in [6.45, 7) is 0.849. The van der Waals surface area contributed by atoms with Crippen molar-refractivity contribution in [2.24, 2.45) is 4.99 Å². The van der Waals surface area contributed by atoms with Crippen LogP contribution in [-0.4, -0.2) is 13.0 Å². The third kappa shape index (κ3) is 6.38. The zero-order valence-corrected chi connectivity index (χ0v) is 15.4. The molecular weight excluding hydrogens is 430 g/mol. The summed E-state index contributed by atoms with van der Waals surface area (Å²) in [4.78, 5) is 4.06. The van der Waals surface area contributed by atoms with Gasteiger partial charge in [-0.3, -0.25) is 4.99 Å². The lowest BCUT2D eigenvalue weighted by Crippen LogP contribution is -2.36. The lowest BCUT2D eigenvalue weighted by atomic mass is 10.1. The van der Waals surface area contributed by atoms with Gasteiger partial charge in [0.2, 0.25) is 0 Å². The van der Waals surface area contributed by atoms with E-state index in [0.717, 1.165) is 17.7 Å². The normalized spacial score (nSPS) is 11.6. The second kappa shape index (κ2) is 9.51. The zero-order chi connectivity index (χ0) is 16.7. The van der Waals surface area contributed by atoms with Crippen molar-refractivity contribution in [3.05, 3.63) is 71.3 Å². The maximum absolute atomic E-state index is 12.7. The maximum atomic E-state index is 12.7. The smallest absolute Gasteiger partial charge is 0.352 e. The molecule has 0 bridgehead atoms. The summed E-state index contributed by atoms with van der Waals surface area (Å²) < 4.78 is 38.1. The molecule has 0 saturated carbocycles. The minimum atomic E-state index is -4.33. The molecule has 2 aromatic rings. The molecule has 2 rings (SSSR count). The minimum Gasteiger partial charge on any atom is -0.352 e. The maximum Gasteiger partial charge on any atom is 0.416 e. The van der Waals surface area contributed by atoms with Gasteiger partial charge in [-0.05, 0) is 23.3 Å². The van der Waals surface area contributed by atoms with Crippen LogP contribution in [0.25, 0.3) is 0 Å². The summed E-state index contributed by atoms with van der Waals surface area (Å²) in [5, 5.41) is 6.12. The van der Waals surface area contributed by atoms with Crippen LogP contribution in [-0.2, 0) is 19.3 Å². The molecule has 0 atom stereocenters. The van der Waals surface area contributed by atoms with Gasteiger partial charge in [0.1, 0.15) is 0 Å². The highest BCUT2D eigenvalue weighted by Gasteiger charge is 2.30. The van der Waals surface area contributed by atoms with E-state index in [2.05, 4.69) is 15.6 Å². The number of halogens is 4. The standard InChI is InChI=1S/C17H18F3N3.HI/c1-21-16(22-11-13-6-3-2-4-7-13)23-12-14-8-5-9-15(10-14)17(18,19)20;/h2-10H,11-12H2,1H3,(H2,21,22,23);1H. The monoisotopic (exact) mass is 449 g/mol. The van der Waals surface area contributed by atoms with Crippen LogP contribution in [0.3, 0.4) is 0 Å². The van der Waals surface area contributed by atoms with Crippen molar-refractivity contribution in [1.29, 1.82) is 0 Å². The lowest BCUT2D eigenvalue weighted by molar-refractivity contribution is -0.137. The van der Waals surface area contributed by atoms with Gasteiger partial charge in [-0.15, -0.1) is 24.0 Å². The molecule has 2 N–H and O–H groups in total. The Hall–Kier alpha value is -1.77. The van der Waals surface area contributed by atoms with Crippen molar-refractivity contribution in [2.45, 2.75) is 19.3 Å². The summed E-state index contributed by atoms with van der Waals surface area (Å²) >= 11 is 0. The number of hydrogen-bond donors (Lipinski definition) is 2. The molecule has 7 heteroatoms. The summed E-state index contributed by atoms with van der Waals surface area (Å²) in [6, 6.07) is 15.0. The van der Waals surface area contributed by atoms with E-state index in [1.807, 2.05) is 30.3 Å². The van der Waals surface area contributed by atoms with Gasteiger partial charge in [0.15, 0.2) is 5.96 Å². The van der Waals surface area contributed by atoms with Crippen molar-refractivity contribution in [3.63, 3.8) is 0 Å². The molecule has 2 aromatic carbocycles. The lowest BCUT2D eigenvalue weighted by Gasteiger charge is -2.13.